The number of hydrogen-bond acceptors (Lipinski definition) is 2. The highest BCUT2D eigenvalue weighted by Crippen LogP contribution is 2.04. The summed E-state index contributed by atoms with van der Waals surface area (Å²) >= 11 is 0. The number of benzene rings is 1. The van der Waals surface area contributed by atoms with E-state index in [-0.39, 0.29) is 5.78 Å². The Kier molecular flexibility index (Phi) is 4.43. The minimum absolute atomic E-state index is 0.176. The molecular formula is C12H13NO. The van der Waals surface area contributed by atoms with Crippen molar-refractivity contribution in [3.05, 3.63) is 35.9 Å². The van der Waals surface area contributed by atoms with Crippen LogP contribution < -0.4 is 0 Å². The van der Waals surface area contributed by atoms with E-state index in [2.05, 4.69) is 0 Å². The second kappa shape index (κ2) is 5.93. The minimum Gasteiger partial charge on any atom is -0.300 e. The molecule has 0 saturated carbocycles. The largest absolute Gasteiger partial charge is 0.300 e. The van der Waals surface area contributed by atoms with Gasteiger partial charge < -0.3 is 0 Å². The van der Waals surface area contributed by atoms with E-state index in [4.69, 9.17) is 5.26 Å². The third kappa shape index (κ3) is 3.86. The summed E-state index contributed by atoms with van der Waals surface area (Å²) in [4.78, 5) is 11.2. The number of aryl methyl sites for hydroxylation is 1. The number of carbonyl (C=O) groups is 1. The topological polar surface area (TPSA) is 40.9 Å². The maximum absolute atomic E-state index is 11.2. The van der Waals surface area contributed by atoms with Gasteiger partial charge in [-0.25, -0.2) is 0 Å². The zero-order chi connectivity index (χ0) is 10.2. The molecule has 0 aromatic heterocycles. The Hall–Kier alpha value is -1.62. The predicted molar refractivity (Wildman–Crippen MR) is 54.6 cm³/mol. The molecule has 0 amide bonds. The van der Waals surface area contributed by atoms with Gasteiger partial charge in [0.25, 0.3) is 0 Å². The van der Waals surface area contributed by atoms with Crippen LogP contribution in [0.2, 0.25) is 0 Å². The Bertz CT molecular complexity index is 324. The van der Waals surface area contributed by atoms with Gasteiger partial charge in [-0.1, -0.05) is 30.3 Å². The standard InChI is InChI=1S/C12H13NO/c13-10-4-7-12(14)9-8-11-5-2-1-3-6-11/h1-3,5-6H,4,7-9H2. The summed E-state index contributed by atoms with van der Waals surface area (Å²) in [7, 11) is 0. The molecule has 2 nitrogen and oxygen atoms in total. The molecule has 1 rings (SSSR count). The molecule has 0 saturated heterocycles. The lowest BCUT2D eigenvalue weighted by molar-refractivity contribution is -0.118. The number of nitrogens with zero attached hydrogens (tertiary/aromatic N) is 1. The molecule has 0 aliphatic rings. The molecule has 0 bridgehead atoms. The van der Waals surface area contributed by atoms with Crippen molar-refractivity contribution in [2.75, 3.05) is 0 Å². The summed E-state index contributed by atoms with van der Waals surface area (Å²) in [6.45, 7) is 0. The molecule has 0 aliphatic carbocycles. The van der Waals surface area contributed by atoms with Gasteiger partial charge in [-0.2, -0.15) is 5.26 Å². The number of rotatable bonds is 5. The fourth-order valence-electron chi connectivity index (χ4n) is 1.25. The maximum atomic E-state index is 11.2. The quantitative estimate of drug-likeness (QED) is 0.710. The number of carbonyl (C=O) groups excluding carboxylic acids is 1. The van der Waals surface area contributed by atoms with Crippen LogP contribution in [0, 0.1) is 11.3 Å². The molecule has 0 N–H and O–H groups in total. The molecule has 0 spiro atoms. The SMILES string of the molecule is N#CCCC(=O)CCc1ccccc1. The van der Waals surface area contributed by atoms with Crippen molar-refractivity contribution >= 4 is 5.78 Å². The first-order chi connectivity index (χ1) is 6.83. The van der Waals surface area contributed by atoms with E-state index in [0.717, 1.165) is 6.42 Å². The van der Waals surface area contributed by atoms with Crippen molar-refractivity contribution in [2.45, 2.75) is 25.7 Å². The maximum Gasteiger partial charge on any atom is 0.134 e. The summed E-state index contributed by atoms with van der Waals surface area (Å²) in [6.07, 6.45) is 2.06. The summed E-state index contributed by atoms with van der Waals surface area (Å²) in [5.74, 6) is 0.176. The van der Waals surface area contributed by atoms with Crippen LogP contribution in [0.25, 0.3) is 0 Å². The lowest BCUT2D eigenvalue weighted by Gasteiger charge is -1.98. The summed E-state index contributed by atoms with van der Waals surface area (Å²) in [6, 6.07) is 11.9. The van der Waals surface area contributed by atoms with Gasteiger partial charge in [-0.05, 0) is 12.0 Å². The number of nitriles is 1. The first-order valence-electron chi connectivity index (χ1n) is 4.75. The summed E-state index contributed by atoms with van der Waals surface area (Å²) in [5.41, 5.74) is 1.18. The monoisotopic (exact) mass is 187 g/mol. The van der Waals surface area contributed by atoms with Crippen LogP contribution in [-0.4, -0.2) is 5.78 Å². The molecule has 72 valence electrons. The Balaban J connectivity index is 2.28. The average Bonchev–Trinajstić information content (AvgIpc) is 2.25. The molecule has 0 aliphatic heterocycles. The van der Waals surface area contributed by atoms with Crippen LogP contribution in [0.1, 0.15) is 24.8 Å². The normalized spacial score (nSPS) is 9.36. The predicted octanol–water partition coefficient (Wildman–Crippen LogP) is 2.49. The second-order valence-corrected chi connectivity index (χ2v) is 3.18. The average molecular weight is 187 g/mol. The van der Waals surface area contributed by atoms with Gasteiger partial charge in [0.05, 0.1) is 6.07 Å². The zero-order valence-electron chi connectivity index (χ0n) is 8.07. The highest BCUT2D eigenvalue weighted by atomic mass is 16.1. The van der Waals surface area contributed by atoms with Gasteiger partial charge in [0.2, 0.25) is 0 Å². The van der Waals surface area contributed by atoms with Crippen LogP contribution in [0.4, 0.5) is 0 Å². The van der Waals surface area contributed by atoms with E-state index in [9.17, 15) is 4.79 Å². The molecule has 0 fully saturated rings. The summed E-state index contributed by atoms with van der Waals surface area (Å²) in [5, 5.41) is 8.30. The van der Waals surface area contributed by atoms with E-state index < -0.39 is 0 Å². The van der Waals surface area contributed by atoms with Crippen molar-refractivity contribution < 1.29 is 4.79 Å². The number of Topliss-reactive ketones (excluding diaryl/α,β-unsaturated/α-hetero) is 1. The van der Waals surface area contributed by atoms with Crippen LogP contribution in [0.15, 0.2) is 30.3 Å². The molecule has 0 unspecified atom stereocenters. The molecule has 1 aromatic carbocycles. The van der Waals surface area contributed by atoms with Gasteiger partial charge in [-0.3, -0.25) is 4.79 Å². The van der Waals surface area contributed by atoms with E-state index in [0.29, 0.717) is 19.3 Å². The number of hydrogen-bond donors (Lipinski definition) is 0. The fourth-order valence-corrected chi connectivity index (χ4v) is 1.25. The second-order valence-electron chi connectivity index (χ2n) is 3.18. The molecule has 14 heavy (non-hydrogen) atoms. The fraction of sp³-hybridized carbons (Fsp3) is 0.333. The molecule has 0 radical (unpaired) electrons. The first-order valence-corrected chi connectivity index (χ1v) is 4.75. The van der Waals surface area contributed by atoms with E-state index in [1.54, 1.807) is 0 Å². The molecule has 0 atom stereocenters. The van der Waals surface area contributed by atoms with E-state index in [1.165, 1.54) is 5.56 Å². The van der Waals surface area contributed by atoms with Gasteiger partial charge in [0.1, 0.15) is 5.78 Å². The van der Waals surface area contributed by atoms with Gasteiger partial charge >= 0.3 is 0 Å². The highest BCUT2D eigenvalue weighted by Gasteiger charge is 2.01. The number of ketones is 1. The Morgan fingerprint density at radius 2 is 1.93 bits per heavy atom. The first kappa shape index (κ1) is 10.5. The molecular weight excluding hydrogens is 174 g/mol. The van der Waals surface area contributed by atoms with Crippen LogP contribution in [0.3, 0.4) is 0 Å². The van der Waals surface area contributed by atoms with Gasteiger partial charge in [0.15, 0.2) is 0 Å². The molecule has 1 aromatic rings. The lowest BCUT2D eigenvalue weighted by atomic mass is 10.1. The van der Waals surface area contributed by atoms with Crippen molar-refractivity contribution in [1.82, 2.24) is 0 Å². The van der Waals surface area contributed by atoms with E-state index >= 15 is 0 Å². The zero-order valence-corrected chi connectivity index (χ0v) is 8.07. The Morgan fingerprint density at radius 3 is 2.57 bits per heavy atom. The smallest absolute Gasteiger partial charge is 0.134 e. The minimum atomic E-state index is 0.176. The van der Waals surface area contributed by atoms with Crippen LogP contribution >= 0.6 is 0 Å². The van der Waals surface area contributed by atoms with Crippen molar-refractivity contribution in [3.63, 3.8) is 0 Å². The van der Waals surface area contributed by atoms with Gasteiger partial charge in [-0.15, -0.1) is 0 Å². The van der Waals surface area contributed by atoms with Gasteiger partial charge in [0, 0.05) is 19.3 Å². The van der Waals surface area contributed by atoms with Crippen molar-refractivity contribution in [1.29, 1.82) is 5.26 Å². The Morgan fingerprint density at radius 1 is 1.21 bits per heavy atom. The third-order valence-electron chi connectivity index (χ3n) is 2.05. The van der Waals surface area contributed by atoms with Crippen LogP contribution in [-0.2, 0) is 11.2 Å². The van der Waals surface area contributed by atoms with E-state index in [1.807, 2.05) is 36.4 Å². The molecule has 0 heterocycles. The third-order valence-corrected chi connectivity index (χ3v) is 2.05. The highest BCUT2D eigenvalue weighted by molar-refractivity contribution is 5.78. The molecule has 2 heteroatoms. The van der Waals surface area contributed by atoms with Crippen molar-refractivity contribution in [2.24, 2.45) is 0 Å². The van der Waals surface area contributed by atoms with Crippen molar-refractivity contribution in [3.8, 4) is 6.07 Å². The van der Waals surface area contributed by atoms with Crippen LogP contribution in [0.5, 0.6) is 0 Å². The lowest BCUT2D eigenvalue weighted by Crippen LogP contribution is -1.99. The Labute approximate surface area is 84.2 Å². The summed E-state index contributed by atoms with van der Waals surface area (Å²) < 4.78 is 0.